The number of nitrogens with two attached hydrogens (primary N) is 2. The topological polar surface area (TPSA) is 187 Å². The van der Waals surface area contributed by atoms with Gasteiger partial charge in [0.2, 0.25) is 5.95 Å². The average molecular weight is 593 g/mol. The highest BCUT2D eigenvalue weighted by molar-refractivity contribution is 7.54. The first kappa shape index (κ1) is 29.7. The van der Waals surface area contributed by atoms with Gasteiger partial charge in [-0.2, -0.15) is 4.98 Å². The van der Waals surface area contributed by atoms with E-state index in [0.29, 0.717) is 5.52 Å². The number of rotatable bonds is 10. The lowest BCUT2D eigenvalue weighted by molar-refractivity contribution is -0.151. The number of halogens is 1. The Morgan fingerprint density at radius 2 is 2.02 bits per heavy atom. The van der Waals surface area contributed by atoms with Crippen molar-refractivity contribution in [2.45, 2.75) is 50.8 Å². The summed E-state index contributed by atoms with van der Waals surface area (Å²) in [5.41, 5.74) is 11.2. The molecule has 1 aromatic carbocycles. The number of esters is 1. The van der Waals surface area contributed by atoms with Crippen molar-refractivity contribution in [2.75, 3.05) is 18.5 Å². The molecule has 1 aliphatic heterocycles. The Kier molecular flexibility index (Phi) is 8.99. The number of ether oxygens (including phenoxy) is 2. The van der Waals surface area contributed by atoms with Crippen LogP contribution in [-0.2, 0) is 23.4 Å². The lowest BCUT2D eigenvalue weighted by Crippen LogP contribution is -2.53. The van der Waals surface area contributed by atoms with Gasteiger partial charge in [0.05, 0.1) is 37.3 Å². The molecule has 4 rings (SSSR count). The van der Waals surface area contributed by atoms with E-state index in [-0.39, 0.29) is 29.6 Å². The molecule has 3 heterocycles. The summed E-state index contributed by atoms with van der Waals surface area (Å²) in [7, 11) is -4.01. The van der Waals surface area contributed by atoms with Gasteiger partial charge in [-0.25, -0.2) is 14.5 Å². The van der Waals surface area contributed by atoms with Crippen molar-refractivity contribution in [3.05, 3.63) is 42.9 Å². The summed E-state index contributed by atoms with van der Waals surface area (Å²) in [6, 6.07) is 8.36. The molecule has 0 spiro atoms. The van der Waals surface area contributed by atoms with E-state index in [4.69, 9.17) is 41.6 Å². The van der Waals surface area contributed by atoms with Crippen LogP contribution in [0.3, 0.4) is 0 Å². The number of para-hydroxylation sites is 1. The predicted octanol–water partition coefficient (Wildman–Crippen LogP) is 2.44. The molecule has 0 aliphatic carbocycles. The minimum Gasteiger partial charge on any atom is -0.463 e. The third kappa shape index (κ3) is 6.39. The number of anilines is 1. The standard InChI is InChI=1S/C25H30ClN6O7P/c1-15(2)37-22(34)16(3)13-40(35,39-17-7-5-4-6-8-17)36-12-19-20(33)25(28,9-10-26)23(38-19)32-14-30-18-11-29-24(27)31-21(18)32/h4-8,11,14-16,19-20,23,33H,12-13,28H2,1-3H3,(H2,27,29,31)/t16-,19-,20+,23-,25?,40+/m1/s1. The van der Waals surface area contributed by atoms with E-state index in [2.05, 4.69) is 26.3 Å². The quantitative estimate of drug-likeness (QED) is 0.177. The molecule has 0 amide bonds. The molecule has 5 N–H and O–H groups in total. The molecule has 6 atom stereocenters. The van der Waals surface area contributed by atoms with Gasteiger partial charge in [-0.15, -0.1) is 0 Å². The third-order valence-corrected chi connectivity index (χ3v) is 8.20. The first-order valence-electron chi connectivity index (χ1n) is 12.3. The van der Waals surface area contributed by atoms with E-state index in [1.807, 2.05) is 0 Å². The number of hydrogen-bond acceptors (Lipinski definition) is 12. The number of imidazole rings is 1. The largest absolute Gasteiger partial charge is 0.463 e. The van der Waals surface area contributed by atoms with Crippen LogP contribution in [0.5, 0.6) is 5.75 Å². The van der Waals surface area contributed by atoms with Crippen molar-refractivity contribution in [3.8, 4) is 17.0 Å². The second-order valence-corrected chi connectivity index (χ2v) is 11.8. The van der Waals surface area contributed by atoms with Gasteiger partial charge in [0.15, 0.2) is 17.4 Å². The molecule has 1 fully saturated rings. The molecule has 1 aliphatic rings. The summed E-state index contributed by atoms with van der Waals surface area (Å²) < 4.78 is 38.3. The summed E-state index contributed by atoms with van der Waals surface area (Å²) in [4.78, 5) is 24.8. The molecule has 0 saturated carbocycles. The normalized spacial score (nSPS) is 24.7. The summed E-state index contributed by atoms with van der Waals surface area (Å²) in [6.07, 6.45) is -1.59. The Morgan fingerprint density at radius 1 is 1.30 bits per heavy atom. The van der Waals surface area contributed by atoms with Crippen LogP contribution >= 0.6 is 19.2 Å². The van der Waals surface area contributed by atoms with Crippen LogP contribution in [0.25, 0.3) is 11.2 Å². The van der Waals surface area contributed by atoms with Crippen LogP contribution in [-0.4, -0.2) is 67.2 Å². The highest BCUT2D eigenvalue weighted by Crippen LogP contribution is 2.51. The number of aromatic nitrogens is 4. The number of fused-ring (bicyclic) bond motifs is 1. The Hall–Kier alpha value is -3.24. The zero-order valence-corrected chi connectivity index (χ0v) is 23.7. The van der Waals surface area contributed by atoms with Crippen molar-refractivity contribution >= 4 is 42.3 Å². The van der Waals surface area contributed by atoms with Gasteiger partial charge in [-0.1, -0.05) is 31.0 Å². The monoisotopic (exact) mass is 592 g/mol. The second kappa shape index (κ2) is 12.1. The van der Waals surface area contributed by atoms with Crippen LogP contribution in [0.15, 0.2) is 42.9 Å². The minimum absolute atomic E-state index is 0.0113. The molecule has 2 aromatic heterocycles. The minimum atomic E-state index is -4.01. The molecular formula is C25H30ClN6O7P. The molecule has 40 heavy (non-hydrogen) atoms. The van der Waals surface area contributed by atoms with Crippen molar-refractivity contribution in [3.63, 3.8) is 0 Å². The summed E-state index contributed by atoms with van der Waals surface area (Å²) in [5, 5.41) is 13.4. The number of carbonyl (C=O) groups is 1. The van der Waals surface area contributed by atoms with Gasteiger partial charge >= 0.3 is 13.6 Å². The molecule has 214 valence electrons. The predicted molar refractivity (Wildman–Crippen MR) is 146 cm³/mol. The number of carbonyl (C=O) groups excluding carboxylic acids is 1. The molecule has 13 nitrogen and oxygen atoms in total. The molecule has 0 radical (unpaired) electrons. The van der Waals surface area contributed by atoms with Gasteiger partial charge in [0, 0.05) is 5.38 Å². The molecule has 1 unspecified atom stereocenters. The third-order valence-electron chi connectivity index (χ3n) is 6.08. The SMILES string of the molecule is CC(C)OC(=O)[C@H](C)C[P@](=O)(OC[C@H]1O[C@@H](n2cnc3cnc(N)nc32)C(N)(C#CCl)[C@H]1O)Oc1ccccc1. The van der Waals surface area contributed by atoms with Crippen LogP contribution < -0.4 is 16.0 Å². The number of aliphatic hydroxyl groups is 1. The van der Waals surface area contributed by atoms with Gasteiger partial charge < -0.3 is 30.6 Å². The van der Waals surface area contributed by atoms with Crippen molar-refractivity contribution < 1.29 is 33.0 Å². The molecule has 0 bridgehead atoms. The maximum atomic E-state index is 13.9. The molecule has 3 aromatic rings. The van der Waals surface area contributed by atoms with Gasteiger partial charge in [0.25, 0.3) is 0 Å². The number of nitrogens with zero attached hydrogens (tertiary/aromatic N) is 4. The first-order valence-corrected chi connectivity index (χ1v) is 14.5. The van der Waals surface area contributed by atoms with Crippen molar-refractivity contribution in [1.29, 1.82) is 0 Å². The molecule has 1 saturated heterocycles. The average Bonchev–Trinajstić information content (AvgIpc) is 3.41. The fourth-order valence-electron chi connectivity index (χ4n) is 4.17. The highest BCUT2D eigenvalue weighted by Gasteiger charge is 2.55. The van der Waals surface area contributed by atoms with Crippen molar-refractivity contribution in [1.82, 2.24) is 19.5 Å². The summed E-state index contributed by atoms with van der Waals surface area (Å²) in [6.45, 7) is 4.55. The van der Waals surface area contributed by atoms with E-state index < -0.39 is 50.1 Å². The Morgan fingerprint density at radius 3 is 2.70 bits per heavy atom. The number of aliphatic hydroxyl groups excluding tert-OH is 1. The van der Waals surface area contributed by atoms with E-state index in [9.17, 15) is 14.5 Å². The highest BCUT2D eigenvalue weighted by atomic mass is 35.5. The van der Waals surface area contributed by atoms with Crippen molar-refractivity contribution in [2.24, 2.45) is 11.7 Å². The van der Waals surface area contributed by atoms with Crippen LogP contribution in [0.4, 0.5) is 5.95 Å². The Balaban J connectivity index is 1.59. The zero-order valence-electron chi connectivity index (χ0n) is 22.0. The maximum absolute atomic E-state index is 13.9. The number of benzene rings is 1. The van der Waals surface area contributed by atoms with Gasteiger partial charge in [-0.3, -0.25) is 13.9 Å². The molecule has 15 heteroatoms. The van der Waals surface area contributed by atoms with Gasteiger partial charge in [-0.05, 0) is 37.6 Å². The Labute approximate surface area is 235 Å². The lowest BCUT2D eigenvalue weighted by atomic mass is 9.92. The maximum Gasteiger partial charge on any atom is 0.380 e. The fraction of sp³-hybridized carbons (Fsp3) is 0.440. The van der Waals surface area contributed by atoms with E-state index in [1.165, 1.54) is 17.1 Å². The van der Waals surface area contributed by atoms with Crippen LogP contribution in [0.1, 0.15) is 27.0 Å². The van der Waals surface area contributed by atoms with Gasteiger partial charge in [0.1, 0.15) is 23.5 Å². The number of nitrogen functional groups attached to an aromatic ring is 1. The smallest absolute Gasteiger partial charge is 0.380 e. The second-order valence-electron chi connectivity index (χ2n) is 9.59. The summed E-state index contributed by atoms with van der Waals surface area (Å²) in [5.74, 6) is 1.48. The van der Waals surface area contributed by atoms with E-state index in [1.54, 1.807) is 51.1 Å². The van der Waals surface area contributed by atoms with E-state index in [0.717, 1.165) is 0 Å². The van der Waals surface area contributed by atoms with E-state index >= 15 is 0 Å². The van der Waals surface area contributed by atoms with Crippen LogP contribution in [0, 0.1) is 17.2 Å². The van der Waals surface area contributed by atoms with Crippen LogP contribution in [0.2, 0.25) is 0 Å². The zero-order chi connectivity index (χ0) is 29.1. The summed E-state index contributed by atoms with van der Waals surface area (Å²) >= 11 is 5.70. The number of hydrogen-bond donors (Lipinski definition) is 3. The lowest BCUT2D eigenvalue weighted by Gasteiger charge is -2.27. The fourth-order valence-corrected chi connectivity index (χ4v) is 6.20. The first-order chi connectivity index (χ1) is 19.0. The Bertz CT molecular complexity index is 1460. The molecular weight excluding hydrogens is 563 g/mol.